The molecule has 0 aliphatic heterocycles. The first-order valence-electron chi connectivity index (χ1n) is 11.1. The third-order valence-electron chi connectivity index (χ3n) is 6.29. The standard InChI is InChI=1S/C24H28N4O2S/c1-16-6-3-4-8-21(16)23-25-26-24(27(23)14-20-7-5-13-30-20)31-15-22(29)28(19-11-12-19)17(2)18-9-10-18/h3-8,13,17-19H,9-12,14-15H2,1-2H3. The fourth-order valence-corrected chi connectivity index (χ4v) is 5.05. The molecule has 162 valence electrons. The third kappa shape index (κ3) is 4.42. The lowest BCUT2D eigenvalue weighted by atomic mass is 10.1. The van der Waals surface area contributed by atoms with Gasteiger partial charge in [-0.05, 0) is 63.1 Å². The van der Waals surface area contributed by atoms with Crippen LogP contribution in [0.25, 0.3) is 11.4 Å². The summed E-state index contributed by atoms with van der Waals surface area (Å²) in [6.45, 7) is 4.82. The van der Waals surface area contributed by atoms with Crippen LogP contribution in [0.4, 0.5) is 0 Å². The van der Waals surface area contributed by atoms with Crippen LogP contribution in [0.1, 0.15) is 43.9 Å². The molecule has 6 nitrogen and oxygen atoms in total. The Morgan fingerprint density at radius 3 is 2.68 bits per heavy atom. The highest BCUT2D eigenvalue weighted by Crippen LogP contribution is 2.40. The third-order valence-corrected chi connectivity index (χ3v) is 7.24. The highest BCUT2D eigenvalue weighted by atomic mass is 32.2. The molecule has 7 heteroatoms. The number of carbonyl (C=O) groups excluding carboxylic acids is 1. The Bertz CT molecular complexity index is 1050. The van der Waals surface area contributed by atoms with Gasteiger partial charge >= 0.3 is 0 Å². The van der Waals surface area contributed by atoms with Gasteiger partial charge in [0.05, 0.1) is 18.6 Å². The van der Waals surface area contributed by atoms with Crippen molar-refractivity contribution in [2.75, 3.05) is 5.75 Å². The van der Waals surface area contributed by atoms with Crippen molar-refractivity contribution in [2.45, 2.75) is 63.3 Å². The zero-order valence-electron chi connectivity index (χ0n) is 18.0. The van der Waals surface area contributed by atoms with Crippen LogP contribution in [0.5, 0.6) is 0 Å². The van der Waals surface area contributed by atoms with E-state index in [1.807, 2.05) is 24.3 Å². The number of aromatic nitrogens is 3. The van der Waals surface area contributed by atoms with E-state index in [2.05, 4.69) is 45.6 Å². The molecule has 0 spiro atoms. The van der Waals surface area contributed by atoms with Crippen molar-refractivity contribution in [2.24, 2.45) is 5.92 Å². The summed E-state index contributed by atoms with van der Waals surface area (Å²) in [5.41, 5.74) is 2.18. The number of benzene rings is 1. The Morgan fingerprint density at radius 2 is 2.00 bits per heavy atom. The van der Waals surface area contributed by atoms with Gasteiger partial charge in [0.2, 0.25) is 5.91 Å². The molecule has 2 fully saturated rings. The quantitative estimate of drug-likeness (QED) is 0.452. The maximum absolute atomic E-state index is 13.2. The molecule has 1 aromatic carbocycles. The number of rotatable bonds is 9. The van der Waals surface area contributed by atoms with Crippen molar-refractivity contribution in [1.29, 1.82) is 0 Å². The summed E-state index contributed by atoms with van der Waals surface area (Å²) in [5.74, 6) is 2.93. The van der Waals surface area contributed by atoms with Crippen LogP contribution in [0.2, 0.25) is 0 Å². The van der Waals surface area contributed by atoms with Crippen LogP contribution in [0.3, 0.4) is 0 Å². The zero-order chi connectivity index (χ0) is 21.4. The molecule has 2 heterocycles. The molecule has 0 bridgehead atoms. The molecule has 31 heavy (non-hydrogen) atoms. The molecule has 0 radical (unpaired) electrons. The molecule has 1 unspecified atom stereocenters. The van der Waals surface area contributed by atoms with Gasteiger partial charge in [-0.15, -0.1) is 10.2 Å². The highest BCUT2D eigenvalue weighted by molar-refractivity contribution is 7.99. The second-order valence-corrected chi connectivity index (χ2v) is 9.63. The number of carbonyl (C=O) groups is 1. The minimum Gasteiger partial charge on any atom is -0.467 e. The van der Waals surface area contributed by atoms with Crippen LogP contribution in [0, 0.1) is 12.8 Å². The largest absolute Gasteiger partial charge is 0.467 e. The van der Waals surface area contributed by atoms with Gasteiger partial charge < -0.3 is 9.32 Å². The van der Waals surface area contributed by atoms with E-state index >= 15 is 0 Å². The molecule has 3 aromatic rings. The summed E-state index contributed by atoms with van der Waals surface area (Å²) >= 11 is 1.48. The fraction of sp³-hybridized carbons (Fsp3) is 0.458. The molecule has 0 N–H and O–H groups in total. The Balaban J connectivity index is 1.38. The van der Waals surface area contributed by atoms with Crippen molar-refractivity contribution in [1.82, 2.24) is 19.7 Å². The topological polar surface area (TPSA) is 64.2 Å². The smallest absolute Gasteiger partial charge is 0.233 e. The first-order valence-corrected chi connectivity index (χ1v) is 12.1. The van der Waals surface area contributed by atoms with Gasteiger partial charge in [0.15, 0.2) is 11.0 Å². The maximum atomic E-state index is 13.2. The minimum absolute atomic E-state index is 0.219. The molecule has 2 aliphatic carbocycles. The Morgan fingerprint density at radius 1 is 1.19 bits per heavy atom. The Labute approximate surface area is 187 Å². The molecular weight excluding hydrogens is 408 g/mol. The highest BCUT2D eigenvalue weighted by Gasteiger charge is 2.41. The van der Waals surface area contributed by atoms with Crippen LogP contribution >= 0.6 is 11.8 Å². The molecule has 2 aromatic heterocycles. The van der Waals surface area contributed by atoms with E-state index in [1.54, 1.807) is 6.26 Å². The van der Waals surface area contributed by atoms with Crippen molar-refractivity contribution in [3.8, 4) is 11.4 Å². The van der Waals surface area contributed by atoms with E-state index in [0.717, 1.165) is 40.7 Å². The fourth-order valence-electron chi connectivity index (χ4n) is 4.24. The number of hydrogen-bond donors (Lipinski definition) is 0. The number of thioether (sulfide) groups is 1. The summed E-state index contributed by atoms with van der Waals surface area (Å²) in [4.78, 5) is 15.3. The van der Waals surface area contributed by atoms with Crippen molar-refractivity contribution < 1.29 is 9.21 Å². The van der Waals surface area contributed by atoms with Gasteiger partial charge in [-0.3, -0.25) is 9.36 Å². The summed E-state index contributed by atoms with van der Waals surface area (Å²) in [7, 11) is 0. The van der Waals surface area contributed by atoms with Crippen molar-refractivity contribution in [3.05, 3.63) is 54.0 Å². The molecule has 1 amide bonds. The minimum atomic E-state index is 0.219. The predicted molar refractivity (Wildman–Crippen MR) is 121 cm³/mol. The van der Waals surface area contributed by atoms with E-state index in [9.17, 15) is 4.79 Å². The number of furan rings is 1. The lowest BCUT2D eigenvalue weighted by Crippen LogP contribution is -2.42. The normalized spacial score (nSPS) is 17.0. The molecular formula is C24H28N4O2S. The maximum Gasteiger partial charge on any atom is 0.233 e. The number of hydrogen-bond acceptors (Lipinski definition) is 5. The molecule has 5 rings (SSSR count). The Hall–Kier alpha value is -2.54. The van der Waals surface area contributed by atoms with E-state index in [1.165, 1.54) is 24.6 Å². The van der Waals surface area contributed by atoms with Gasteiger partial charge in [-0.1, -0.05) is 36.0 Å². The van der Waals surface area contributed by atoms with Crippen molar-refractivity contribution in [3.63, 3.8) is 0 Å². The summed E-state index contributed by atoms with van der Waals surface area (Å²) < 4.78 is 7.65. The van der Waals surface area contributed by atoms with Crippen LogP contribution in [-0.2, 0) is 11.3 Å². The van der Waals surface area contributed by atoms with Gasteiger partial charge in [0, 0.05) is 17.6 Å². The van der Waals surface area contributed by atoms with Gasteiger partial charge in [0.1, 0.15) is 5.76 Å². The lowest BCUT2D eigenvalue weighted by molar-refractivity contribution is -0.131. The monoisotopic (exact) mass is 436 g/mol. The van der Waals surface area contributed by atoms with E-state index in [-0.39, 0.29) is 5.91 Å². The van der Waals surface area contributed by atoms with Gasteiger partial charge in [0.25, 0.3) is 0 Å². The number of nitrogens with zero attached hydrogens (tertiary/aromatic N) is 4. The first-order chi connectivity index (χ1) is 15.1. The molecule has 2 aliphatic rings. The second kappa shape index (κ2) is 8.54. The van der Waals surface area contributed by atoms with E-state index < -0.39 is 0 Å². The predicted octanol–water partition coefficient (Wildman–Crippen LogP) is 4.78. The lowest BCUT2D eigenvalue weighted by Gasteiger charge is -2.29. The molecule has 2 saturated carbocycles. The Kier molecular flexibility index (Phi) is 5.61. The van der Waals surface area contributed by atoms with Gasteiger partial charge in [-0.25, -0.2) is 0 Å². The molecule has 1 atom stereocenters. The van der Waals surface area contributed by atoms with E-state index in [4.69, 9.17) is 4.42 Å². The summed E-state index contributed by atoms with van der Waals surface area (Å²) in [6, 6.07) is 12.8. The van der Waals surface area contributed by atoms with Crippen LogP contribution in [0.15, 0.2) is 52.2 Å². The van der Waals surface area contributed by atoms with Crippen molar-refractivity contribution >= 4 is 17.7 Å². The van der Waals surface area contributed by atoms with Crippen LogP contribution in [-0.4, -0.2) is 43.4 Å². The summed E-state index contributed by atoms with van der Waals surface area (Å²) in [6.07, 6.45) is 6.46. The second-order valence-electron chi connectivity index (χ2n) is 8.69. The number of amides is 1. The van der Waals surface area contributed by atoms with E-state index in [0.29, 0.717) is 30.3 Å². The van der Waals surface area contributed by atoms with Gasteiger partial charge in [-0.2, -0.15) is 0 Å². The average Bonchev–Trinajstić information content (AvgIpc) is 3.69. The SMILES string of the molecule is Cc1ccccc1-c1nnc(SCC(=O)N(C2CC2)C(C)C2CC2)n1Cc1ccco1. The number of aryl methyl sites for hydroxylation is 1. The molecule has 0 saturated heterocycles. The zero-order valence-corrected chi connectivity index (χ0v) is 18.8. The first kappa shape index (κ1) is 20.4. The average molecular weight is 437 g/mol. The van der Waals surface area contributed by atoms with Crippen LogP contribution < -0.4 is 0 Å². The summed E-state index contributed by atoms with van der Waals surface area (Å²) in [5, 5.41) is 9.71.